The molecule has 0 saturated carbocycles. The predicted molar refractivity (Wildman–Crippen MR) is 75.9 cm³/mol. The molecule has 1 unspecified atom stereocenters. The lowest BCUT2D eigenvalue weighted by Gasteiger charge is -2.21. The van der Waals surface area contributed by atoms with Gasteiger partial charge < -0.3 is 9.67 Å². The number of hydrogen-bond donors (Lipinski definition) is 1. The van der Waals surface area contributed by atoms with Crippen molar-refractivity contribution in [1.29, 1.82) is 0 Å². The minimum Gasteiger partial charge on any atom is -0.387 e. The number of benzene rings is 1. The van der Waals surface area contributed by atoms with Crippen LogP contribution in [-0.4, -0.2) is 33.1 Å². The van der Waals surface area contributed by atoms with E-state index in [9.17, 15) is 13.9 Å². The Hall–Kier alpha value is -1.50. The lowest BCUT2D eigenvalue weighted by molar-refractivity contribution is 0.115. The molecule has 0 bridgehead atoms. The molecule has 1 aromatic heterocycles. The third-order valence-corrected chi connectivity index (χ3v) is 3.61. The maximum Gasteiger partial charge on any atom is 0.131 e. The van der Waals surface area contributed by atoms with Crippen LogP contribution in [0.25, 0.3) is 0 Å². The van der Waals surface area contributed by atoms with Gasteiger partial charge in [0.1, 0.15) is 22.6 Å². The number of aromatic nitrogens is 2. The number of rotatable bonds is 5. The largest absolute Gasteiger partial charge is 0.387 e. The van der Waals surface area contributed by atoms with Gasteiger partial charge in [-0.1, -0.05) is 17.7 Å². The van der Waals surface area contributed by atoms with Gasteiger partial charge in [-0.3, -0.25) is 4.90 Å². The molecule has 0 aliphatic heterocycles. The summed E-state index contributed by atoms with van der Waals surface area (Å²) in [5, 5.41) is 10.5. The molecule has 21 heavy (non-hydrogen) atoms. The highest BCUT2D eigenvalue weighted by atomic mass is 35.5. The fourth-order valence-corrected chi connectivity index (χ4v) is 2.24. The Labute approximate surface area is 126 Å². The molecule has 2 aromatic rings. The first kappa shape index (κ1) is 15.9. The van der Waals surface area contributed by atoms with Gasteiger partial charge in [-0.05, 0) is 19.2 Å². The van der Waals surface area contributed by atoms with Crippen LogP contribution in [-0.2, 0) is 13.6 Å². The van der Waals surface area contributed by atoms with Gasteiger partial charge in [-0.25, -0.2) is 13.8 Å². The summed E-state index contributed by atoms with van der Waals surface area (Å²) in [4.78, 5) is 5.85. The van der Waals surface area contributed by atoms with Gasteiger partial charge in [0.25, 0.3) is 0 Å². The summed E-state index contributed by atoms with van der Waals surface area (Å²) in [5.41, 5.74) is -0.317. The summed E-state index contributed by atoms with van der Waals surface area (Å²) < 4.78 is 28.9. The highest BCUT2D eigenvalue weighted by Gasteiger charge is 2.20. The molecule has 0 radical (unpaired) electrons. The van der Waals surface area contributed by atoms with E-state index in [2.05, 4.69) is 4.98 Å². The van der Waals surface area contributed by atoms with E-state index in [1.807, 2.05) is 0 Å². The first-order valence-corrected chi connectivity index (χ1v) is 6.74. The summed E-state index contributed by atoms with van der Waals surface area (Å²) in [6.45, 7) is 0.471. The van der Waals surface area contributed by atoms with Crippen LogP contribution >= 0.6 is 11.6 Å². The van der Waals surface area contributed by atoms with Crippen molar-refractivity contribution in [2.75, 3.05) is 13.6 Å². The van der Waals surface area contributed by atoms with Gasteiger partial charge in [0.05, 0.1) is 24.4 Å². The Balaban J connectivity index is 2.05. The average Bonchev–Trinajstić information content (AvgIpc) is 2.70. The molecule has 2 rings (SSSR count). The van der Waals surface area contributed by atoms with Crippen LogP contribution in [0.5, 0.6) is 0 Å². The van der Waals surface area contributed by atoms with Crippen LogP contribution < -0.4 is 0 Å². The minimum absolute atomic E-state index is 0.0718. The molecule has 0 aliphatic rings. The SMILES string of the molecule is CN(Cc1ncc(Cl)n1C)CC(O)c1c(F)cccc1F. The van der Waals surface area contributed by atoms with Gasteiger partial charge in [0.2, 0.25) is 0 Å². The van der Waals surface area contributed by atoms with Gasteiger partial charge in [0.15, 0.2) is 0 Å². The summed E-state index contributed by atoms with van der Waals surface area (Å²) in [7, 11) is 3.50. The third-order valence-electron chi connectivity index (χ3n) is 3.26. The Morgan fingerprint density at radius 1 is 1.38 bits per heavy atom. The minimum atomic E-state index is -1.26. The summed E-state index contributed by atoms with van der Waals surface area (Å²) >= 11 is 5.89. The smallest absolute Gasteiger partial charge is 0.131 e. The van der Waals surface area contributed by atoms with Crippen molar-refractivity contribution < 1.29 is 13.9 Å². The Morgan fingerprint density at radius 2 is 2.00 bits per heavy atom. The number of halogens is 3. The molecule has 1 N–H and O–H groups in total. The van der Waals surface area contributed by atoms with Gasteiger partial charge in [-0.2, -0.15) is 0 Å². The van der Waals surface area contributed by atoms with E-state index >= 15 is 0 Å². The number of likely N-dealkylation sites (N-methyl/N-ethyl adjacent to an activating group) is 1. The monoisotopic (exact) mass is 315 g/mol. The topological polar surface area (TPSA) is 41.3 Å². The Bertz CT molecular complexity index is 612. The maximum atomic E-state index is 13.6. The van der Waals surface area contributed by atoms with E-state index in [1.165, 1.54) is 12.3 Å². The van der Waals surface area contributed by atoms with Crippen molar-refractivity contribution in [3.8, 4) is 0 Å². The highest BCUT2D eigenvalue weighted by molar-refractivity contribution is 6.29. The molecule has 0 fully saturated rings. The molecule has 7 heteroatoms. The van der Waals surface area contributed by atoms with Crippen molar-refractivity contribution in [1.82, 2.24) is 14.5 Å². The van der Waals surface area contributed by atoms with Gasteiger partial charge in [0, 0.05) is 13.6 Å². The zero-order valence-electron chi connectivity index (χ0n) is 11.7. The van der Waals surface area contributed by atoms with E-state index in [0.717, 1.165) is 12.1 Å². The van der Waals surface area contributed by atoms with Crippen LogP contribution in [0.15, 0.2) is 24.4 Å². The van der Waals surface area contributed by atoms with Gasteiger partial charge >= 0.3 is 0 Å². The fourth-order valence-electron chi connectivity index (χ4n) is 2.09. The van der Waals surface area contributed by atoms with E-state index < -0.39 is 17.7 Å². The molecule has 1 atom stereocenters. The molecule has 114 valence electrons. The van der Waals surface area contributed by atoms with Crippen LogP contribution in [0.2, 0.25) is 5.15 Å². The zero-order valence-corrected chi connectivity index (χ0v) is 12.5. The molecular formula is C14H16ClF2N3O. The summed E-state index contributed by atoms with van der Waals surface area (Å²) in [6.07, 6.45) is 0.268. The quantitative estimate of drug-likeness (QED) is 0.922. The number of hydrogen-bond acceptors (Lipinski definition) is 3. The van der Waals surface area contributed by atoms with E-state index in [-0.39, 0.29) is 12.1 Å². The lowest BCUT2D eigenvalue weighted by Crippen LogP contribution is -2.26. The maximum absolute atomic E-state index is 13.6. The second kappa shape index (κ2) is 6.51. The fraction of sp³-hybridized carbons (Fsp3) is 0.357. The van der Waals surface area contributed by atoms with Crippen LogP contribution in [0.1, 0.15) is 17.5 Å². The standard InChI is InChI=1S/C14H16ClF2N3O/c1-19(8-13-18-6-12(15)20(13)2)7-11(21)14-9(16)4-3-5-10(14)17/h3-6,11,21H,7-8H2,1-2H3. The summed E-state index contributed by atoms with van der Waals surface area (Å²) in [6, 6.07) is 3.51. The molecule has 4 nitrogen and oxygen atoms in total. The molecule has 0 saturated heterocycles. The second-order valence-electron chi connectivity index (χ2n) is 4.90. The normalized spacial score (nSPS) is 12.9. The number of aliphatic hydroxyl groups excluding tert-OH is 1. The molecular weight excluding hydrogens is 300 g/mol. The van der Waals surface area contributed by atoms with E-state index in [4.69, 9.17) is 11.6 Å². The van der Waals surface area contributed by atoms with Gasteiger partial charge in [-0.15, -0.1) is 0 Å². The van der Waals surface area contributed by atoms with Crippen LogP contribution in [0.3, 0.4) is 0 Å². The molecule has 1 heterocycles. The van der Waals surface area contributed by atoms with Crippen molar-refractivity contribution in [3.05, 3.63) is 52.6 Å². The average molecular weight is 316 g/mol. The Morgan fingerprint density at radius 3 is 2.52 bits per heavy atom. The van der Waals surface area contributed by atoms with Crippen molar-refractivity contribution in [3.63, 3.8) is 0 Å². The molecule has 0 aliphatic carbocycles. The number of imidazole rings is 1. The predicted octanol–water partition coefficient (Wildman–Crippen LogP) is 2.52. The van der Waals surface area contributed by atoms with Crippen LogP contribution in [0.4, 0.5) is 8.78 Å². The Kier molecular flexibility index (Phi) is 4.92. The number of aliphatic hydroxyl groups is 1. The third kappa shape index (κ3) is 3.58. The second-order valence-corrected chi connectivity index (χ2v) is 5.29. The van der Waals surface area contributed by atoms with Crippen molar-refractivity contribution >= 4 is 11.6 Å². The zero-order chi connectivity index (χ0) is 15.6. The molecule has 0 spiro atoms. The first-order valence-electron chi connectivity index (χ1n) is 6.36. The lowest BCUT2D eigenvalue weighted by atomic mass is 10.1. The highest BCUT2D eigenvalue weighted by Crippen LogP contribution is 2.21. The van der Waals surface area contributed by atoms with Crippen molar-refractivity contribution in [2.45, 2.75) is 12.6 Å². The van der Waals surface area contributed by atoms with E-state index in [0.29, 0.717) is 17.5 Å². The van der Waals surface area contributed by atoms with Crippen molar-refractivity contribution in [2.24, 2.45) is 7.05 Å². The molecule has 1 aromatic carbocycles. The summed E-state index contributed by atoms with van der Waals surface area (Å²) in [5.74, 6) is -0.810. The molecule has 0 amide bonds. The number of nitrogens with zero attached hydrogens (tertiary/aromatic N) is 3. The van der Waals surface area contributed by atoms with E-state index in [1.54, 1.807) is 23.6 Å². The first-order chi connectivity index (χ1) is 9.90. The van der Waals surface area contributed by atoms with Crippen LogP contribution in [0, 0.1) is 11.6 Å².